The van der Waals surface area contributed by atoms with Crippen molar-refractivity contribution in [1.82, 2.24) is 9.58 Å². The molecule has 5 rings (SSSR count). The number of aryl methyl sites for hydroxylation is 1. The van der Waals surface area contributed by atoms with Gasteiger partial charge in [0.15, 0.2) is 11.4 Å². The monoisotopic (exact) mass is 403 g/mol. The van der Waals surface area contributed by atoms with Crippen LogP contribution in [0, 0.1) is 0 Å². The van der Waals surface area contributed by atoms with E-state index in [0.717, 1.165) is 25.7 Å². The molecule has 2 aliphatic carbocycles. The Morgan fingerprint density at radius 2 is 1.93 bits per heavy atom. The van der Waals surface area contributed by atoms with E-state index in [0.29, 0.717) is 13.2 Å². The molecule has 1 atom stereocenters. The highest BCUT2D eigenvalue weighted by Gasteiger charge is 2.38. The zero-order valence-corrected chi connectivity index (χ0v) is 17.0. The van der Waals surface area contributed by atoms with Gasteiger partial charge in [0.2, 0.25) is 5.43 Å². The summed E-state index contributed by atoms with van der Waals surface area (Å²) in [6.07, 6.45) is 10.0. The van der Waals surface area contributed by atoms with E-state index in [2.05, 4.69) is 41.4 Å². The van der Waals surface area contributed by atoms with E-state index in [1.165, 1.54) is 28.3 Å². The van der Waals surface area contributed by atoms with Crippen LogP contribution in [0.1, 0.15) is 53.8 Å². The minimum absolute atomic E-state index is 0.0471. The van der Waals surface area contributed by atoms with Gasteiger partial charge in [0, 0.05) is 18.8 Å². The molecule has 0 spiro atoms. The van der Waals surface area contributed by atoms with Crippen molar-refractivity contribution in [2.24, 2.45) is 0 Å². The molecule has 0 radical (unpaired) electrons. The summed E-state index contributed by atoms with van der Waals surface area (Å²) in [4.78, 5) is 26.8. The summed E-state index contributed by atoms with van der Waals surface area (Å²) in [6.45, 7) is 2.81. The molecular formula is C24H25N3O3. The Balaban J connectivity index is 1.76. The predicted octanol–water partition coefficient (Wildman–Crippen LogP) is 3.26. The zero-order chi connectivity index (χ0) is 20.8. The number of hydrogen-bond donors (Lipinski definition) is 1. The fraction of sp³-hybridized carbons (Fsp3) is 0.333. The Bertz CT molecular complexity index is 1140. The first-order valence-electron chi connectivity index (χ1n) is 10.6. The Morgan fingerprint density at radius 3 is 2.77 bits per heavy atom. The van der Waals surface area contributed by atoms with Crippen LogP contribution in [-0.2, 0) is 6.42 Å². The van der Waals surface area contributed by atoms with Crippen LogP contribution in [0.25, 0.3) is 0 Å². The summed E-state index contributed by atoms with van der Waals surface area (Å²) in [5.74, 6) is -0.797. The number of hydrogen-bond acceptors (Lipinski definition) is 4. The van der Waals surface area contributed by atoms with Gasteiger partial charge in [-0.1, -0.05) is 36.4 Å². The van der Waals surface area contributed by atoms with Crippen molar-refractivity contribution in [3.63, 3.8) is 0 Å². The van der Waals surface area contributed by atoms with Gasteiger partial charge in [0.25, 0.3) is 5.91 Å². The smallest absolute Gasteiger partial charge is 0.277 e. The maximum atomic E-state index is 13.0. The quantitative estimate of drug-likeness (QED) is 0.836. The Morgan fingerprint density at radius 1 is 1.10 bits per heavy atom. The number of pyridine rings is 1. The lowest BCUT2D eigenvalue weighted by atomic mass is 9.88. The topological polar surface area (TPSA) is 65.8 Å². The second-order valence-electron chi connectivity index (χ2n) is 8.06. The largest absolute Gasteiger partial charge is 0.502 e. The Labute approximate surface area is 175 Å². The van der Waals surface area contributed by atoms with Gasteiger partial charge in [-0.25, -0.2) is 0 Å². The number of carbonyl (C=O) groups is 1. The van der Waals surface area contributed by atoms with Gasteiger partial charge in [0.1, 0.15) is 6.67 Å². The molecule has 30 heavy (non-hydrogen) atoms. The molecule has 1 unspecified atom stereocenters. The molecule has 6 nitrogen and oxygen atoms in total. The maximum Gasteiger partial charge on any atom is 0.277 e. The van der Waals surface area contributed by atoms with Crippen molar-refractivity contribution in [2.75, 3.05) is 18.2 Å². The summed E-state index contributed by atoms with van der Waals surface area (Å²) in [7, 11) is 0. The number of aromatic hydroxyl groups is 1. The van der Waals surface area contributed by atoms with Crippen LogP contribution in [0.4, 0.5) is 0 Å². The van der Waals surface area contributed by atoms with E-state index in [9.17, 15) is 14.7 Å². The van der Waals surface area contributed by atoms with Crippen LogP contribution in [0.2, 0.25) is 0 Å². The van der Waals surface area contributed by atoms with E-state index in [4.69, 9.17) is 0 Å². The molecule has 1 aliphatic heterocycles. The normalized spacial score (nSPS) is 20.6. The Kier molecular flexibility index (Phi) is 4.50. The molecule has 0 saturated heterocycles. The van der Waals surface area contributed by atoms with Crippen LogP contribution in [-0.4, -0.2) is 33.8 Å². The molecule has 3 aliphatic rings. The van der Waals surface area contributed by atoms with Crippen LogP contribution in [0.5, 0.6) is 5.75 Å². The third kappa shape index (κ3) is 2.78. The Hall–Kier alpha value is -3.28. The first-order chi connectivity index (χ1) is 14.6. The summed E-state index contributed by atoms with van der Waals surface area (Å²) in [5, 5.41) is 12.6. The van der Waals surface area contributed by atoms with E-state index in [-0.39, 0.29) is 17.6 Å². The number of nitrogens with zero attached hydrogens (tertiary/aromatic N) is 3. The molecule has 1 aromatic carbocycles. The predicted molar refractivity (Wildman–Crippen MR) is 115 cm³/mol. The van der Waals surface area contributed by atoms with Gasteiger partial charge in [-0.3, -0.25) is 19.3 Å². The second kappa shape index (κ2) is 7.20. The highest BCUT2D eigenvalue weighted by molar-refractivity contribution is 5.96. The fourth-order valence-electron chi connectivity index (χ4n) is 4.95. The lowest BCUT2D eigenvalue weighted by molar-refractivity contribution is 0.0689. The summed E-state index contributed by atoms with van der Waals surface area (Å²) in [5.41, 5.74) is 4.76. The summed E-state index contributed by atoms with van der Waals surface area (Å²) < 4.78 is 1.70. The van der Waals surface area contributed by atoms with E-state index in [1.807, 2.05) is 6.92 Å². The lowest BCUT2D eigenvalue weighted by Crippen LogP contribution is -2.55. The van der Waals surface area contributed by atoms with Crippen LogP contribution >= 0.6 is 0 Å². The second-order valence-corrected chi connectivity index (χ2v) is 8.06. The van der Waals surface area contributed by atoms with Crippen molar-refractivity contribution >= 4 is 5.91 Å². The number of benzene rings is 1. The van der Waals surface area contributed by atoms with Gasteiger partial charge in [-0.05, 0) is 54.9 Å². The number of rotatable bonds is 2. The first kappa shape index (κ1) is 18.7. The molecule has 6 heteroatoms. The molecule has 1 N–H and O–H groups in total. The number of carbonyl (C=O) groups excluding carboxylic acids is 1. The highest BCUT2D eigenvalue weighted by Crippen LogP contribution is 2.42. The average molecular weight is 403 g/mol. The van der Waals surface area contributed by atoms with Crippen LogP contribution in [0.15, 0.2) is 64.6 Å². The average Bonchev–Trinajstić information content (AvgIpc) is 2.93. The maximum absolute atomic E-state index is 13.0. The lowest BCUT2D eigenvalue weighted by Gasteiger charge is -2.45. The molecule has 0 saturated carbocycles. The minimum Gasteiger partial charge on any atom is -0.502 e. The van der Waals surface area contributed by atoms with Crippen LogP contribution in [0.3, 0.4) is 0 Å². The number of amides is 1. The molecule has 1 aromatic heterocycles. The molecular weight excluding hydrogens is 378 g/mol. The van der Waals surface area contributed by atoms with Gasteiger partial charge in [0.05, 0.1) is 6.04 Å². The van der Waals surface area contributed by atoms with E-state index < -0.39 is 11.2 Å². The van der Waals surface area contributed by atoms with E-state index in [1.54, 1.807) is 15.8 Å². The van der Waals surface area contributed by atoms with Crippen molar-refractivity contribution in [1.29, 1.82) is 0 Å². The molecule has 0 fully saturated rings. The number of aromatic nitrogens is 1. The standard InChI is InChI=1S/C24H25N3O3/c1-2-25-15-27(26-14-13-20(28)23(29)22(26)24(25)30)21-18-9-5-3-7-16(18)11-12-17-8-4-6-10-19(17)21/h3-5,7-9,13-14,21,29H,2,6,10-12,15H2,1H3. The SMILES string of the molecule is CCN1CN(C2C3=C(C=CCC3)CCc3ccccc32)n2ccc(=O)c(O)c2C1=O. The summed E-state index contributed by atoms with van der Waals surface area (Å²) >= 11 is 0. The van der Waals surface area contributed by atoms with Crippen molar-refractivity contribution in [3.05, 3.63) is 86.9 Å². The first-order valence-corrected chi connectivity index (χ1v) is 10.6. The molecule has 154 valence electrons. The van der Waals surface area contributed by atoms with Gasteiger partial charge in [-0.15, -0.1) is 0 Å². The minimum atomic E-state index is -0.533. The molecule has 1 amide bonds. The van der Waals surface area contributed by atoms with Gasteiger partial charge >= 0.3 is 0 Å². The van der Waals surface area contributed by atoms with Crippen molar-refractivity contribution < 1.29 is 9.90 Å². The zero-order valence-electron chi connectivity index (χ0n) is 17.0. The van der Waals surface area contributed by atoms with Crippen molar-refractivity contribution in [3.8, 4) is 5.75 Å². The van der Waals surface area contributed by atoms with Gasteiger partial charge < -0.3 is 10.0 Å². The highest BCUT2D eigenvalue weighted by atomic mass is 16.3. The fourth-order valence-corrected chi connectivity index (χ4v) is 4.95. The molecule has 0 bridgehead atoms. The van der Waals surface area contributed by atoms with E-state index >= 15 is 0 Å². The summed E-state index contributed by atoms with van der Waals surface area (Å²) in [6, 6.07) is 9.76. The molecule has 2 aromatic rings. The third-order valence-electron chi connectivity index (χ3n) is 6.47. The number of fused-ring (bicyclic) bond motifs is 2. The van der Waals surface area contributed by atoms with Crippen molar-refractivity contribution in [2.45, 2.75) is 38.6 Å². The van der Waals surface area contributed by atoms with Gasteiger partial charge in [-0.2, -0.15) is 0 Å². The van der Waals surface area contributed by atoms with Crippen LogP contribution < -0.4 is 10.4 Å². The third-order valence-corrected chi connectivity index (χ3v) is 6.47. The number of allylic oxidation sites excluding steroid dienone is 3. The molecule has 2 heterocycles.